The molecule has 166 valence electrons. The Morgan fingerprint density at radius 3 is 2.50 bits per heavy atom. The molecule has 0 atom stereocenters. The second-order valence-corrected chi connectivity index (χ2v) is 8.54. The topological polar surface area (TPSA) is 77.1 Å². The van der Waals surface area contributed by atoms with E-state index in [1.54, 1.807) is 0 Å². The normalized spacial score (nSPS) is 17.4. The summed E-state index contributed by atoms with van der Waals surface area (Å²) in [6.45, 7) is 8.23. The molecule has 0 radical (unpaired) electrons. The zero-order valence-electron chi connectivity index (χ0n) is 18.7. The predicted molar refractivity (Wildman–Crippen MR) is 123 cm³/mol. The molecule has 1 aromatic carbocycles. The highest BCUT2D eigenvalue weighted by molar-refractivity contribution is 5.86. The van der Waals surface area contributed by atoms with Gasteiger partial charge in [-0.15, -0.1) is 0 Å². The van der Waals surface area contributed by atoms with Gasteiger partial charge in [-0.05, 0) is 31.6 Å². The number of nitrogens with zero attached hydrogens (tertiary/aromatic N) is 8. The van der Waals surface area contributed by atoms with E-state index in [1.807, 2.05) is 18.2 Å². The maximum atomic E-state index is 5.60. The summed E-state index contributed by atoms with van der Waals surface area (Å²) >= 11 is 0. The molecule has 9 nitrogen and oxygen atoms in total. The van der Waals surface area contributed by atoms with Gasteiger partial charge in [-0.2, -0.15) is 9.97 Å². The van der Waals surface area contributed by atoms with Crippen molar-refractivity contribution in [3.8, 4) is 5.95 Å². The number of aromatic nitrogens is 6. The minimum Gasteiger partial charge on any atom is -0.378 e. The van der Waals surface area contributed by atoms with Gasteiger partial charge < -0.3 is 14.2 Å². The zero-order chi connectivity index (χ0) is 21.7. The lowest BCUT2D eigenvalue weighted by atomic mass is 10.2. The molecule has 0 aliphatic carbocycles. The first-order chi connectivity index (χ1) is 15.7. The molecular weight excluding hydrogens is 404 g/mol. The van der Waals surface area contributed by atoms with E-state index < -0.39 is 0 Å². The summed E-state index contributed by atoms with van der Waals surface area (Å²) in [4.78, 5) is 24.7. The molecule has 2 saturated heterocycles. The molecule has 6 rings (SSSR count). The summed E-state index contributed by atoms with van der Waals surface area (Å²) in [5, 5.41) is 0. The van der Waals surface area contributed by atoms with Gasteiger partial charge in [-0.1, -0.05) is 19.1 Å². The number of likely N-dealkylation sites (tertiary alicyclic amines) is 1. The molecule has 5 heterocycles. The van der Waals surface area contributed by atoms with Crippen LogP contribution in [0.5, 0.6) is 0 Å². The summed E-state index contributed by atoms with van der Waals surface area (Å²) in [7, 11) is 2.07. The first-order valence-electron chi connectivity index (χ1n) is 11.5. The van der Waals surface area contributed by atoms with Crippen molar-refractivity contribution in [2.45, 2.75) is 26.3 Å². The number of para-hydroxylation sites is 2. The van der Waals surface area contributed by atoms with Crippen molar-refractivity contribution in [2.75, 3.05) is 44.3 Å². The molecule has 3 aromatic heterocycles. The van der Waals surface area contributed by atoms with Crippen LogP contribution < -0.4 is 4.90 Å². The van der Waals surface area contributed by atoms with Crippen molar-refractivity contribution < 1.29 is 4.74 Å². The van der Waals surface area contributed by atoms with Crippen LogP contribution in [0.1, 0.15) is 25.0 Å². The van der Waals surface area contributed by atoms with Crippen molar-refractivity contribution in [1.29, 1.82) is 0 Å². The number of ether oxygens (including phenoxy) is 1. The van der Waals surface area contributed by atoms with Gasteiger partial charge in [-0.25, -0.2) is 9.97 Å². The standard InChI is InChI=1S/C23H28N8O/c1-3-18-24-16-7-4-5-8-17(16)31(18)23-26-21-20(22(27-23)30-11-13-32-14-12-30)25-19(28(21)2)15-29-9-6-10-29/h4-5,7-8H,3,6,9-15H2,1-2H3. The smallest absolute Gasteiger partial charge is 0.239 e. The van der Waals surface area contributed by atoms with Gasteiger partial charge in [0.2, 0.25) is 5.95 Å². The van der Waals surface area contributed by atoms with E-state index in [4.69, 9.17) is 24.7 Å². The largest absolute Gasteiger partial charge is 0.378 e. The summed E-state index contributed by atoms with van der Waals surface area (Å²) in [6, 6.07) is 8.19. The van der Waals surface area contributed by atoms with Crippen LogP contribution >= 0.6 is 0 Å². The number of morpholine rings is 1. The van der Waals surface area contributed by atoms with E-state index in [0.29, 0.717) is 19.2 Å². The Hall–Kier alpha value is -3.04. The van der Waals surface area contributed by atoms with Crippen LogP contribution in [0.4, 0.5) is 5.82 Å². The molecule has 0 bridgehead atoms. The van der Waals surface area contributed by atoms with Crippen molar-refractivity contribution in [1.82, 2.24) is 34.0 Å². The molecule has 2 fully saturated rings. The van der Waals surface area contributed by atoms with Crippen LogP contribution in [0.2, 0.25) is 0 Å². The molecule has 32 heavy (non-hydrogen) atoms. The van der Waals surface area contributed by atoms with E-state index in [1.165, 1.54) is 6.42 Å². The fraction of sp³-hybridized carbons (Fsp3) is 0.478. The lowest BCUT2D eigenvalue weighted by Gasteiger charge is -2.30. The summed E-state index contributed by atoms with van der Waals surface area (Å²) < 4.78 is 9.83. The molecule has 2 aliphatic rings. The third kappa shape index (κ3) is 3.15. The van der Waals surface area contributed by atoms with E-state index >= 15 is 0 Å². The number of anilines is 1. The first-order valence-corrected chi connectivity index (χ1v) is 11.5. The molecule has 0 amide bonds. The van der Waals surface area contributed by atoms with Gasteiger partial charge in [0.15, 0.2) is 17.0 Å². The van der Waals surface area contributed by atoms with E-state index in [2.05, 4.69) is 39.0 Å². The molecule has 9 heteroatoms. The Balaban J connectivity index is 1.57. The average molecular weight is 433 g/mol. The number of imidazole rings is 2. The minimum absolute atomic E-state index is 0.656. The highest BCUT2D eigenvalue weighted by atomic mass is 16.5. The second kappa shape index (κ2) is 7.83. The SMILES string of the molecule is CCc1nc2ccccc2n1-c1nc(N2CCOCC2)c2nc(CN3CCC3)n(C)c2n1. The van der Waals surface area contributed by atoms with Gasteiger partial charge in [-0.3, -0.25) is 9.47 Å². The third-order valence-corrected chi connectivity index (χ3v) is 6.55. The van der Waals surface area contributed by atoms with Crippen molar-refractivity contribution in [3.63, 3.8) is 0 Å². The number of benzene rings is 1. The summed E-state index contributed by atoms with van der Waals surface area (Å²) in [6.07, 6.45) is 2.06. The van der Waals surface area contributed by atoms with Crippen LogP contribution in [0.25, 0.3) is 28.1 Å². The lowest BCUT2D eigenvalue weighted by Crippen LogP contribution is -2.37. The summed E-state index contributed by atoms with van der Waals surface area (Å²) in [5.74, 6) is 3.54. The van der Waals surface area contributed by atoms with Gasteiger partial charge in [0.25, 0.3) is 0 Å². The van der Waals surface area contributed by atoms with Crippen molar-refractivity contribution in [3.05, 3.63) is 35.9 Å². The zero-order valence-corrected chi connectivity index (χ0v) is 18.7. The fourth-order valence-electron chi connectivity index (χ4n) is 4.59. The maximum absolute atomic E-state index is 5.60. The quantitative estimate of drug-likeness (QED) is 0.479. The van der Waals surface area contributed by atoms with E-state index in [-0.39, 0.29) is 0 Å². The minimum atomic E-state index is 0.656. The van der Waals surface area contributed by atoms with Gasteiger partial charge in [0.1, 0.15) is 11.6 Å². The molecule has 0 unspecified atom stereocenters. The first kappa shape index (κ1) is 19.6. The van der Waals surface area contributed by atoms with Crippen LogP contribution in [0.3, 0.4) is 0 Å². The molecule has 0 saturated carbocycles. The molecule has 4 aromatic rings. The predicted octanol–water partition coefficient (Wildman–Crippen LogP) is 2.31. The average Bonchev–Trinajstić information content (AvgIpc) is 3.34. The van der Waals surface area contributed by atoms with Crippen molar-refractivity contribution >= 4 is 28.0 Å². The number of hydrogen-bond donors (Lipinski definition) is 0. The third-order valence-electron chi connectivity index (χ3n) is 6.55. The Labute approximate surface area is 186 Å². The lowest BCUT2D eigenvalue weighted by molar-refractivity contribution is 0.122. The number of hydrogen-bond acceptors (Lipinski definition) is 7. The van der Waals surface area contributed by atoms with Crippen LogP contribution in [-0.4, -0.2) is 73.4 Å². The monoisotopic (exact) mass is 432 g/mol. The Bertz CT molecular complexity index is 1280. The number of aryl methyl sites for hydroxylation is 2. The van der Waals surface area contributed by atoms with Crippen LogP contribution in [0, 0.1) is 0 Å². The number of fused-ring (bicyclic) bond motifs is 2. The Morgan fingerprint density at radius 1 is 0.938 bits per heavy atom. The van der Waals surface area contributed by atoms with E-state index in [9.17, 15) is 0 Å². The highest BCUT2D eigenvalue weighted by Crippen LogP contribution is 2.29. The Morgan fingerprint density at radius 2 is 1.75 bits per heavy atom. The summed E-state index contributed by atoms with van der Waals surface area (Å²) in [5.41, 5.74) is 3.73. The maximum Gasteiger partial charge on any atom is 0.239 e. The molecular formula is C23H28N8O. The van der Waals surface area contributed by atoms with Crippen molar-refractivity contribution in [2.24, 2.45) is 7.05 Å². The fourth-order valence-corrected chi connectivity index (χ4v) is 4.59. The molecule has 0 N–H and O–H groups in total. The molecule has 0 spiro atoms. The number of rotatable bonds is 5. The van der Waals surface area contributed by atoms with Crippen LogP contribution in [0.15, 0.2) is 24.3 Å². The van der Waals surface area contributed by atoms with Gasteiger partial charge in [0, 0.05) is 26.6 Å². The van der Waals surface area contributed by atoms with Crippen LogP contribution in [-0.2, 0) is 24.8 Å². The Kier molecular flexibility index (Phi) is 4.80. The molecule has 2 aliphatic heterocycles. The second-order valence-electron chi connectivity index (χ2n) is 8.54. The van der Waals surface area contributed by atoms with Gasteiger partial charge in [0.05, 0.1) is 30.8 Å². The van der Waals surface area contributed by atoms with Gasteiger partial charge >= 0.3 is 0 Å². The van der Waals surface area contributed by atoms with E-state index in [0.717, 1.165) is 78.8 Å². The highest BCUT2D eigenvalue weighted by Gasteiger charge is 2.25.